The van der Waals surface area contributed by atoms with E-state index >= 15 is 0 Å². The zero-order chi connectivity index (χ0) is 11.7. The molecule has 0 saturated heterocycles. The van der Waals surface area contributed by atoms with Gasteiger partial charge in [0.05, 0.1) is 0 Å². The summed E-state index contributed by atoms with van der Waals surface area (Å²) in [5.74, 6) is 3.33. The van der Waals surface area contributed by atoms with Gasteiger partial charge in [-0.05, 0) is 54.4 Å². The second kappa shape index (κ2) is 3.00. The highest BCUT2D eigenvalue weighted by molar-refractivity contribution is 5.99. The van der Waals surface area contributed by atoms with Crippen LogP contribution in [0.5, 0.6) is 0 Å². The molecule has 0 N–H and O–H groups in total. The van der Waals surface area contributed by atoms with Gasteiger partial charge < -0.3 is 0 Å². The standard InChI is InChI=1S/C15H22O/c1-8-10-5-6-15(3,4)14(10)13-9(2)12(16)7-11(8)13/h8,10-11,14H,5-7H2,1-4H3/t8-,10+,11-,14-/m1/s1. The van der Waals surface area contributed by atoms with Gasteiger partial charge in [0.1, 0.15) is 0 Å². The number of fused-ring (bicyclic) bond motifs is 3. The smallest absolute Gasteiger partial charge is 0.159 e. The molecular weight excluding hydrogens is 196 g/mol. The highest BCUT2D eigenvalue weighted by atomic mass is 16.1. The van der Waals surface area contributed by atoms with Crippen LogP contribution in [0.3, 0.4) is 0 Å². The fourth-order valence-corrected chi connectivity index (χ4v) is 4.79. The van der Waals surface area contributed by atoms with E-state index in [9.17, 15) is 4.79 Å². The van der Waals surface area contributed by atoms with Crippen LogP contribution in [0.1, 0.15) is 47.0 Å². The molecule has 1 nitrogen and oxygen atoms in total. The van der Waals surface area contributed by atoms with Gasteiger partial charge >= 0.3 is 0 Å². The minimum atomic E-state index is 0.424. The van der Waals surface area contributed by atoms with Gasteiger partial charge in [0.15, 0.2) is 5.78 Å². The molecule has 2 saturated carbocycles. The number of hydrogen-bond acceptors (Lipinski definition) is 1. The van der Waals surface area contributed by atoms with Crippen molar-refractivity contribution in [3.63, 3.8) is 0 Å². The number of carbonyl (C=O) groups is 1. The lowest BCUT2D eigenvalue weighted by Gasteiger charge is -2.28. The first-order valence-corrected chi connectivity index (χ1v) is 6.67. The van der Waals surface area contributed by atoms with E-state index in [0.29, 0.717) is 23.0 Å². The van der Waals surface area contributed by atoms with Gasteiger partial charge in [-0.25, -0.2) is 0 Å². The predicted octanol–water partition coefficient (Wildman–Crippen LogP) is 3.59. The van der Waals surface area contributed by atoms with Crippen molar-refractivity contribution in [2.24, 2.45) is 29.1 Å². The number of carbonyl (C=O) groups excluding carboxylic acids is 1. The Kier molecular flexibility index (Phi) is 1.98. The first-order chi connectivity index (χ1) is 7.43. The van der Waals surface area contributed by atoms with Gasteiger partial charge in [-0.3, -0.25) is 4.79 Å². The Morgan fingerprint density at radius 2 is 2.00 bits per heavy atom. The summed E-state index contributed by atoms with van der Waals surface area (Å²) in [6.45, 7) is 9.25. The lowest BCUT2D eigenvalue weighted by molar-refractivity contribution is -0.115. The number of hydrogen-bond donors (Lipinski definition) is 0. The van der Waals surface area contributed by atoms with Crippen LogP contribution < -0.4 is 0 Å². The average Bonchev–Trinajstić information content (AvgIpc) is 2.75. The summed E-state index contributed by atoms with van der Waals surface area (Å²) in [5, 5.41) is 0. The van der Waals surface area contributed by atoms with Crippen molar-refractivity contribution in [2.45, 2.75) is 47.0 Å². The van der Waals surface area contributed by atoms with E-state index in [-0.39, 0.29) is 0 Å². The Morgan fingerprint density at radius 3 is 2.69 bits per heavy atom. The third kappa shape index (κ3) is 1.10. The van der Waals surface area contributed by atoms with Crippen molar-refractivity contribution in [3.8, 4) is 0 Å². The average molecular weight is 218 g/mol. The van der Waals surface area contributed by atoms with Crippen LogP contribution in [-0.2, 0) is 4.79 Å². The van der Waals surface area contributed by atoms with Crippen LogP contribution in [0.2, 0.25) is 0 Å². The molecule has 0 radical (unpaired) electrons. The molecule has 16 heavy (non-hydrogen) atoms. The highest BCUT2D eigenvalue weighted by Crippen LogP contribution is 2.64. The van der Waals surface area contributed by atoms with E-state index in [1.807, 2.05) is 0 Å². The Hall–Kier alpha value is -0.590. The monoisotopic (exact) mass is 218 g/mol. The Bertz CT molecular complexity index is 388. The molecule has 0 aromatic rings. The first-order valence-electron chi connectivity index (χ1n) is 6.67. The zero-order valence-electron chi connectivity index (χ0n) is 10.8. The van der Waals surface area contributed by atoms with E-state index in [1.165, 1.54) is 12.8 Å². The minimum Gasteiger partial charge on any atom is -0.295 e. The summed E-state index contributed by atoms with van der Waals surface area (Å²) < 4.78 is 0. The van der Waals surface area contributed by atoms with E-state index in [1.54, 1.807) is 5.57 Å². The van der Waals surface area contributed by atoms with Crippen molar-refractivity contribution in [2.75, 3.05) is 0 Å². The molecule has 0 amide bonds. The van der Waals surface area contributed by atoms with Crippen LogP contribution in [0.4, 0.5) is 0 Å². The molecule has 88 valence electrons. The summed E-state index contributed by atoms with van der Waals surface area (Å²) in [6, 6.07) is 0. The van der Waals surface area contributed by atoms with Crippen LogP contribution in [0, 0.1) is 29.1 Å². The van der Waals surface area contributed by atoms with Crippen LogP contribution in [-0.4, -0.2) is 5.78 Å². The molecule has 1 heteroatoms. The van der Waals surface area contributed by atoms with Gasteiger partial charge in [-0.15, -0.1) is 0 Å². The fraction of sp³-hybridized carbons (Fsp3) is 0.800. The molecular formula is C15H22O. The van der Waals surface area contributed by atoms with Crippen molar-refractivity contribution in [1.82, 2.24) is 0 Å². The zero-order valence-corrected chi connectivity index (χ0v) is 10.8. The third-order valence-corrected chi connectivity index (χ3v) is 5.69. The molecule has 4 atom stereocenters. The van der Waals surface area contributed by atoms with Crippen LogP contribution >= 0.6 is 0 Å². The number of rotatable bonds is 0. The maximum atomic E-state index is 11.9. The summed E-state index contributed by atoms with van der Waals surface area (Å²) in [5.41, 5.74) is 3.11. The Morgan fingerprint density at radius 1 is 1.31 bits per heavy atom. The molecule has 0 unspecified atom stereocenters. The molecule has 2 fully saturated rings. The summed E-state index contributed by atoms with van der Waals surface area (Å²) in [4.78, 5) is 11.9. The van der Waals surface area contributed by atoms with E-state index in [0.717, 1.165) is 23.8 Å². The molecule has 3 rings (SSSR count). The summed E-state index contributed by atoms with van der Waals surface area (Å²) >= 11 is 0. The van der Waals surface area contributed by atoms with Gasteiger partial charge in [-0.1, -0.05) is 26.3 Å². The molecule has 3 aliphatic carbocycles. The second-order valence-electron chi connectivity index (χ2n) is 6.84. The van der Waals surface area contributed by atoms with Crippen molar-refractivity contribution in [3.05, 3.63) is 11.1 Å². The molecule has 3 aliphatic rings. The van der Waals surface area contributed by atoms with Crippen molar-refractivity contribution < 1.29 is 4.79 Å². The lowest BCUT2D eigenvalue weighted by atomic mass is 9.76. The third-order valence-electron chi connectivity index (χ3n) is 5.69. The topological polar surface area (TPSA) is 17.1 Å². The van der Waals surface area contributed by atoms with Crippen LogP contribution in [0.15, 0.2) is 11.1 Å². The molecule has 0 aromatic carbocycles. The van der Waals surface area contributed by atoms with Gasteiger partial charge in [0.25, 0.3) is 0 Å². The number of allylic oxidation sites excluding steroid dienone is 2. The fourth-order valence-electron chi connectivity index (χ4n) is 4.79. The molecule has 0 aliphatic heterocycles. The molecule has 0 heterocycles. The summed E-state index contributed by atoms with van der Waals surface area (Å²) in [7, 11) is 0. The second-order valence-corrected chi connectivity index (χ2v) is 6.84. The normalized spacial score (nSPS) is 45.1. The number of Topliss-reactive ketones (excluding diaryl/α,β-unsaturated/α-hetero) is 1. The maximum absolute atomic E-state index is 11.9. The summed E-state index contributed by atoms with van der Waals surface area (Å²) in [6.07, 6.45) is 3.52. The van der Waals surface area contributed by atoms with Crippen molar-refractivity contribution in [1.29, 1.82) is 0 Å². The molecule has 0 spiro atoms. The van der Waals surface area contributed by atoms with Crippen molar-refractivity contribution >= 4 is 5.78 Å². The molecule has 0 bridgehead atoms. The highest BCUT2D eigenvalue weighted by Gasteiger charge is 2.56. The van der Waals surface area contributed by atoms with Gasteiger partial charge in [0.2, 0.25) is 0 Å². The Labute approximate surface area is 98.3 Å². The van der Waals surface area contributed by atoms with E-state index in [2.05, 4.69) is 27.7 Å². The van der Waals surface area contributed by atoms with Gasteiger partial charge in [0, 0.05) is 6.42 Å². The molecule has 0 aromatic heterocycles. The Balaban J connectivity index is 2.11. The van der Waals surface area contributed by atoms with E-state index < -0.39 is 0 Å². The first kappa shape index (κ1) is 10.6. The quantitative estimate of drug-likeness (QED) is 0.607. The number of ketones is 1. The lowest BCUT2D eigenvalue weighted by Crippen LogP contribution is -2.21. The maximum Gasteiger partial charge on any atom is 0.159 e. The predicted molar refractivity (Wildman–Crippen MR) is 65.0 cm³/mol. The van der Waals surface area contributed by atoms with E-state index in [4.69, 9.17) is 0 Å². The largest absolute Gasteiger partial charge is 0.295 e. The SMILES string of the molecule is CC1=C2[C@H](CC1=O)[C@H](C)[C@@H]1CCC(C)(C)[C@@H]21. The van der Waals surface area contributed by atoms with Crippen LogP contribution in [0.25, 0.3) is 0 Å². The van der Waals surface area contributed by atoms with Gasteiger partial charge in [-0.2, -0.15) is 0 Å². The minimum absolute atomic E-state index is 0.424.